The van der Waals surface area contributed by atoms with Crippen molar-refractivity contribution >= 4 is 29.6 Å². The third-order valence-corrected chi connectivity index (χ3v) is 4.88. The molecule has 2 aromatic rings. The van der Waals surface area contributed by atoms with Crippen molar-refractivity contribution < 1.29 is 4.84 Å². The van der Waals surface area contributed by atoms with Crippen molar-refractivity contribution in [2.24, 2.45) is 5.41 Å². The number of hydroxylamine groups is 1. The van der Waals surface area contributed by atoms with E-state index in [-0.39, 0.29) is 5.41 Å². The summed E-state index contributed by atoms with van der Waals surface area (Å²) >= 11 is 7.70. The topological polar surface area (TPSA) is 39.1 Å². The van der Waals surface area contributed by atoms with Crippen molar-refractivity contribution in [2.45, 2.75) is 18.7 Å². The summed E-state index contributed by atoms with van der Waals surface area (Å²) in [4.78, 5) is 10.4. The number of allylic oxidation sites excluding steroid dienone is 1. The summed E-state index contributed by atoms with van der Waals surface area (Å²) in [6, 6.07) is 7.89. The Morgan fingerprint density at radius 2 is 2.14 bits per heavy atom. The van der Waals surface area contributed by atoms with E-state index in [0.717, 1.165) is 16.5 Å². The first-order valence-corrected chi connectivity index (χ1v) is 8.25. The Hall–Kier alpha value is -1.43. The lowest BCUT2D eigenvalue weighted by Crippen LogP contribution is -2.28. The number of benzene rings is 1. The number of hydrogen-bond donors (Lipinski definition) is 1. The molecule has 2 rings (SSSR count). The number of thioether (sulfide) groups is 1. The molecule has 1 heterocycles. The lowest BCUT2D eigenvalue weighted by molar-refractivity contribution is 0.102. The number of nitrogens with zero attached hydrogens (tertiary/aromatic N) is 2. The molecule has 0 saturated heterocycles. The van der Waals surface area contributed by atoms with Crippen molar-refractivity contribution in [3.05, 3.63) is 53.7 Å². The number of nitrogens with one attached hydrogen (secondary N) is 1. The van der Waals surface area contributed by atoms with Gasteiger partial charge in [0, 0.05) is 39.7 Å². The zero-order valence-corrected chi connectivity index (χ0v) is 14.5. The molecule has 1 aromatic carbocycles. The van der Waals surface area contributed by atoms with E-state index >= 15 is 0 Å². The van der Waals surface area contributed by atoms with Crippen molar-refractivity contribution in [3.63, 3.8) is 0 Å². The summed E-state index contributed by atoms with van der Waals surface area (Å²) < 4.78 is 1.90. The lowest BCUT2D eigenvalue weighted by Gasteiger charge is -2.28. The molecule has 0 radical (unpaired) electrons. The number of imidazole rings is 1. The third kappa shape index (κ3) is 4.80. The highest BCUT2D eigenvalue weighted by Gasteiger charge is 2.24. The van der Waals surface area contributed by atoms with E-state index in [4.69, 9.17) is 16.4 Å². The number of halogens is 1. The molecule has 0 aliphatic heterocycles. The quantitative estimate of drug-likeness (QED) is 0.603. The molecule has 0 aliphatic rings. The number of aromatic nitrogens is 2. The van der Waals surface area contributed by atoms with Crippen LogP contribution < -0.4 is 5.48 Å². The molecule has 0 spiro atoms. The Bertz CT molecular complexity index is 609. The van der Waals surface area contributed by atoms with Crippen LogP contribution in [-0.2, 0) is 4.84 Å². The standard InChI is InChI=1S/C16H20ClN3OS/c1-16(2,11-22-14-6-4-13(17)5-7-14)15(19-21-3)10-20-9-8-18-12-20/h4-10,12,19H,11H2,1-3H3. The molecule has 0 atom stereocenters. The minimum Gasteiger partial charge on any atom is -0.311 e. The summed E-state index contributed by atoms with van der Waals surface area (Å²) in [6.07, 6.45) is 7.37. The molecule has 0 bridgehead atoms. The van der Waals surface area contributed by atoms with Gasteiger partial charge in [-0.1, -0.05) is 25.4 Å². The lowest BCUT2D eigenvalue weighted by atomic mass is 9.92. The van der Waals surface area contributed by atoms with Gasteiger partial charge in [0.2, 0.25) is 0 Å². The largest absolute Gasteiger partial charge is 0.311 e. The Balaban J connectivity index is 2.09. The highest BCUT2D eigenvalue weighted by atomic mass is 35.5. The summed E-state index contributed by atoms with van der Waals surface area (Å²) in [6.45, 7) is 4.34. The Morgan fingerprint density at radius 3 is 2.73 bits per heavy atom. The zero-order chi connectivity index (χ0) is 16.0. The van der Waals surface area contributed by atoms with Gasteiger partial charge < -0.3 is 4.57 Å². The molecule has 1 N–H and O–H groups in total. The third-order valence-electron chi connectivity index (χ3n) is 3.16. The van der Waals surface area contributed by atoms with Crippen molar-refractivity contribution in [1.29, 1.82) is 0 Å². The van der Waals surface area contributed by atoms with Gasteiger partial charge in [0.05, 0.1) is 19.1 Å². The second-order valence-electron chi connectivity index (χ2n) is 5.49. The fourth-order valence-electron chi connectivity index (χ4n) is 1.82. The van der Waals surface area contributed by atoms with Gasteiger partial charge in [0.25, 0.3) is 0 Å². The van der Waals surface area contributed by atoms with Crippen molar-refractivity contribution in [2.75, 3.05) is 12.9 Å². The predicted octanol–water partition coefficient (Wildman–Crippen LogP) is 4.30. The smallest absolute Gasteiger partial charge is 0.0987 e. The highest BCUT2D eigenvalue weighted by Crippen LogP contribution is 2.33. The fraction of sp³-hybridized carbons (Fsp3) is 0.312. The first-order valence-electron chi connectivity index (χ1n) is 6.88. The van der Waals surface area contributed by atoms with Crippen LogP contribution in [0.1, 0.15) is 13.8 Å². The normalized spacial score (nSPS) is 12.5. The van der Waals surface area contributed by atoms with Crippen LogP contribution in [0.5, 0.6) is 0 Å². The van der Waals surface area contributed by atoms with Gasteiger partial charge in [-0.2, -0.15) is 0 Å². The maximum Gasteiger partial charge on any atom is 0.0987 e. The van der Waals surface area contributed by atoms with Gasteiger partial charge in [-0.25, -0.2) is 4.98 Å². The monoisotopic (exact) mass is 337 g/mol. The Labute approximate surface area is 140 Å². The molecule has 1 aromatic heterocycles. The van der Waals surface area contributed by atoms with Crippen LogP contribution >= 0.6 is 23.4 Å². The molecular formula is C16H20ClN3OS. The zero-order valence-electron chi connectivity index (χ0n) is 12.9. The van der Waals surface area contributed by atoms with E-state index in [1.807, 2.05) is 41.2 Å². The number of rotatable bonds is 7. The maximum absolute atomic E-state index is 5.92. The van der Waals surface area contributed by atoms with E-state index < -0.39 is 0 Å². The van der Waals surface area contributed by atoms with E-state index in [0.29, 0.717) is 0 Å². The van der Waals surface area contributed by atoms with Gasteiger partial charge >= 0.3 is 0 Å². The van der Waals surface area contributed by atoms with Crippen LogP contribution in [0.4, 0.5) is 0 Å². The van der Waals surface area contributed by atoms with Crippen LogP contribution in [0.25, 0.3) is 6.20 Å². The summed E-state index contributed by atoms with van der Waals surface area (Å²) in [7, 11) is 1.62. The molecule has 0 saturated carbocycles. The Kier molecular flexibility index (Phi) is 5.94. The molecule has 0 fully saturated rings. The van der Waals surface area contributed by atoms with Gasteiger partial charge in [0.15, 0.2) is 0 Å². The second kappa shape index (κ2) is 7.72. The van der Waals surface area contributed by atoms with E-state index in [1.165, 1.54) is 4.90 Å². The van der Waals surface area contributed by atoms with Gasteiger partial charge in [-0.3, -0.25) is 10.3 Å². The summed E-state index contributed by atoms with van der Waals surface area (Å²) in [5.74, 6) is 0.894. The van der Waals surface area contributed by atoms with Crippen LogP contribution in [0.3, 0.4) is 0 Å². The van der Waals surface area contributed by atoms with Crippen LogP contribution in [-0.4, -0.2) is 22.4 Å². The van der Waals surface area contributed by atoms with Crippen LogP contribution in [0.15, 0.2) is 53.6 Å². The second-order valence-corrected chi connectivity index (χ2v) is 6.97. The van der Waals surface area contributed by atoms with Crippen LogP contribution in [0, 0.1) is 5.41 Å². The summed E-state index contributed by atoms with van der Waals surface area (Å²) in [5.41, 5.74) is 3.86. The predicted molar refractivity (Wildman–Crippen MR) is 92.6 cm³/mol. The SMILES string of the molecule is CONC(=Cn1ccnc1)C(C)(C)CSc1ccc(Cl)cc1. The molecular weight excluding hydrogens is 318 g/mol. The molecule has 4 nitrogen and oxygen atoms in total. The molecule has 0 unspecified atom stereocenters. The first kappa shape index (κ1) is 16.9. The average Bonchev–Trinajstić information content (AvgIpc) is 2.99. The first-order chi connectivity index (χ1) is 10.5. The molecule has 22 heavy (non-hydrogen) atoms. The van der Waals surface area contributed by atoms with Gasteiger partial charge in [-0.15, -0.1) is 11.8 Å². The number of hydrogen-bond acceptors (Lipinski definition) is 4. The fourth-order valence-corrected chi connectivity index (χ4v) is 2.95. The highest BCUT2D eigenvalue weighted by molar-refractivity contribution is 7.99. The van der Waals surface area contributed by atoms with Crippen molar-refractivity contribution in [3.8, 4) is 0 Å². The van der Waals surface area contributed by atoms with Gasteiger partial charge in [0.1, 0.15) is 0 Å². The van der Waals surface area contributed by atoms with Gasteiger partial charge in [-0.05, 0) is 24.3 Å². The van der Waals surface area contributed by atoms with Crippen LogP contribution in [0.2, 0.25) is 5.02 Å². The molecule has 0 aliphatic carbocycles. The molecule has 118 valence electrons. The Morgan fingerprint density at radius 1 is 1.41 bits per heavy atom. The van der Waals surface area contributed by atoms with E-state index in [1.54, 1.807) is 31.4 Å². The van der Waals surface area contributed by atoms with E-state index in [2.05, 4.69) is 24.3 Å². The minimum absolute atomic E-state index is 0.107. The minimum atomic E-state index is -0.107. The average molecular weight is 338 g/mol. The maximum atomic E-state index is 5.92. The summed E-state index contributed by atoms with van der Waals surface area (Å²) in [5, 5.41) is 0.755. The van der Waals surface area contributed by atoms with E-state index in [9.17, 15) is 0 Å². The molecule has 6 heteroatoms. The molecule has 0 amide bonds. The van der Waals surface area contributed by atoms with Crippen molar-refractivity contribution in [1.82, 2.24) is 15.0 Å².